The number of amidine groups is 1. The molecular formula is C20H39N7O2S. The molecule has 0 aromatic carbocycles. The molecule has 9 nitrogen and oxygen atoms in total. The maximum Gasteiger partial charge on any atom is 0.317 e. The molecule has 0 aromatic rings. The number of hydrazine groups is 2. The second-order valence-electron chi connectivity index (χ2n) is 6.90. The van der Waals surface area contributed by atoms with Gasteiger partial charge in [0.2, 0.25) is 5.12 Å². The fraction of sp³-hybridized carbons (Fsp3) is 0.750. The highest BCUT2D eigenvalue weighted by Gasteiger charge is 2.20. The van der Waals surface area contributed by atoms with Gasteiger partial charge in [-0.05, 0) is 38.5 Å². The number of hydrogen-bond acceptors (Lipinski definition) is 8. The van der Waals surface area contributed by atoms with Crippen molar-refractivity contribution >= 4 is 28.7 Å². The zero-order valence-electron chi connectivity index (χ0n) is 19.2. The van der Waals surface area contributed by atoms with E-state index in [0.29, 0.717) is 24.7 Å². The van der Waals surface area contributed by atoms with Gasteiger partial charge in [0.15, 0.2) is 5.84 Å². The van der Waals surface area contributed by atoms with Crippen molar-refractivity contribution in [1.82, 2.24) is 31.2 Å². The van der Waals surface area contributed by atoms with Gasteiger partial charge in [-0.1, -0.05) is 33.6 Å². The van der Waals surface area contributed by atoms with Crippen LogP contribution in [0.2, 0.25) is 0 Å². The van der Waals surface area contributed by atoms with E-state index in [-0.39, 0.29) is 17.7 Å². The molecule has 172 valence electrons. The standard InChI is InChI=1S/C20H39N7O2S/c1-6-11-13-26(14-12-7-2)17-15-18(24-27(23-17)22-8-3)30-19(28)16-21-20(29)25(9-4)10-5/h15,22,24H,6-14,16H2,1-5H3,(H,21,29). The van der Waals surface area contributed by atoms with Crippen molar-refractivity contribution in [3.05, 3.63) is 11.1 Å². The van der Waals surface area contributed by atoms with Gasteiger partial charge >= 0.3 is 6.03 Å². The van der Waals surface area contributed by atoms with Crippen LogP contribution in [0.5, 0.6) is 0 Å². The molecule has 10 heteroatoms. The van der Waals surface area contributed by atoms with E-state index < -0.39 is 0 Å². The van der Waals surface area contributed by atoms with Crippen molar-refractivity contribution in [1.29, 1.82) is 0 Å². The number of unbranched alkanes of at least 4 members (excludes halogenated alkanes) is 2. The molecule has 0 radical (unpaired) electrons. The third-order valence-corrected chi connectivity index (χ3v) is 5.33. The summed E-state index contributed by atoms with van der Waals surface area (Å²) in [6.45, 7) is 13.9. The van der Waals surface area contributed by atoms with Gasteiger partial charge in [0, 0.05) is 38.8 Å². The predicted octanol–water partition coefficient (Wildman–Crippen LogP) is 2.70. The molecule has 0 fully saturated rings. The summed E-state index contributed by atoms with van der Waals surface area (Å²) in [5, 5.41) is 9.43. The highest BCUT2D eigenvalue weighted by molar-refractivity contribution is 8.17. The molecule has 0 spiro atoms. The monoisotopic (exact) mass is 441 g/mol. The lowest BCUT2D eigenvalue weighted by molar-refractivity contribution is -0.110. The molecule has 0 unspecified atom stereocenters. The van der Waals surface area contributed by atoms with E-state index in [2.05, 4.69) is 40.0 Å². The molecule has 1 rings (SSSR count). The van der Waals surface area contributed by atoms with E-state index in [1.54, 1.807) is 10.1 Å². The van der Waals surface area contributed by atoms with Gasteiger partial charge in [0.1, 0.15) is 5.03 Å². The Morgan fingerprint density at radius 1 is 1.10 bits per heavy atom. The highest BCUT2D eigenvalue weighted by atomic mass is 32.2. The molecule has 0 saturated heterocycles. The quantitative estimate of drug-likeness (QED) is 0.405. The van der Waals surface area contributed by atoms with Crippen molar-refractivity contribution in [3.8, 4) is 0 Å². The third kappa shape index (κ3) is 9.25. The predicted molar refractivity (Wildman–Crippen MR) is 124 cm³/mol. The van der Waals surface area contributed by atoms with Crippen LogP contribution in [0, 0.1) is 0 Å². The Balaban J connectivity index is 2.81. The van der Waals surface area contributed by atoms with Crippen LogP contribution >= 0.6 is 11.8 Å². The van der Waals surface area contributed by atoms with Gasteiger partial charge < -0.3 is 15.1 Å². The van der Waals surface area contributed by atoms with E-state index in [1.807, 2.05) is 26.8 Å². The van der Waals surface area contributed by atoms with Crippen LogP contribution in [-0.2, 0) is 4.79 Å². The average Bonchev–Trinajstić information content (AvgIpc) is 2.73. The molecule has 0 aromatic heterocycles. The fourth-order valence-corrected chi connectivity index (χ4v) is 3.50. The maximum absolute atomic E-state index is 12.5. The van der Waals surface area contributed by atoms with Gasteiger partial charge in [-0.2, -0.15) is 5.43 Å². The maximum atomic E-state index is 12.5. The summed E-state index contributed by atoms with van der Waals surface area (Å²) in [7, 11) is 0. The smallest absolute Gasteiger partial charge is 0.317 e. The third-order valence-electron chi connectivity index (χ3n) is 4.53. The summed E-state index contributed by atoms with van der Waals surface area (Å²) >= 11 is 1.08. The van der Waals surface area contributed by atoms with Crippen molar-refractivity contribution in [2.45, 2.75) is 60.3 Å². The molecular weight excluding hydrogens is 402 g/mol. The molecule has 2 amide bonds. The van der Waals surface area contributed by atoms with Gasteiger partial charge in [-0.3, -0.25) is 10.2 Å². The minimum Gasteiger partial charge on any atom is -0.355 e. The number of carbonyl (C=O) groups excluding carboxylic acids is 2. The molecule has 1 aliphatic rings. The summed E-state index contributed by atoms with van der Waals surface area (Å²) in [4.78, 5) is 28.4. The van der Waals surface area contributed by atoms with Crippen LogP contribution in [0.4, 0.5) is 4.79 Å². The molecule has 0 atom stereocenters. The Morgan fingerprint density at radius 3 is 2.27 bits per heavy atom. The Kier molecular flexibility index (Phi) is 13.0. The molecule has 0 bridgehead atoms. The topological polar surface area (TPSA) is 92.3 Å². The number of carbonyl (C=O) groups is 2. The first kappa shape index (κ1) is 26.1. The number of thioether (sulfide) groups is 1. The second kappa shape index (κ2) is 15.0. The number of hydrazone groups is 1. The van der Waals surface area contributed by atoms with Crippen LogP contribution in [0.25, 0.3) is 0 Å². The largest absolute Gasteiger partial charge is 0.355 e. The molecule has 1 aliphatic heterocycles. The number of rotatable bonds is 13. The van der Waals surface area contributed by atoms with E-state index in [9.17, 15) is 9.59 Å². The van der Waals surface area contributed by atoms with Crippen LogP contribution in [-0.4, -0.2) is 71.3 Å². The second-order valence-corrected chi connectivity index (χ2v) is 8.00. The highest BCUT2D eigenvalue weighted by Crippen LogP contribution is 2.18. The number of urea groups is 1. The molecule has 1 heterocycles. The first-order valence-electron chi connectivity index (χ1n) is 11.1. The van der Waals surface area contributed by atoms with Gasteiger partial charge in [-0.15, -0.1) is 10.3 Å². The van der Waals surface area contributed by atoms with E-state index in [0.717, 1.165) is 56.4 Å². The lowest BCUT2D eigenvalue weighted by Gasteiger charge is -2.31. The first-order chi connectivity index (χ1) is 14.5. The lowest BCUT2D eigenvalue weighted by atomic mass is 10.2. The van der Waals surface area contributed by atoms with Crippen molar-refractivity contribution in [2.75, 3.05) is 39.3 Å². The average molecular weight is 442 g/mol. The summed E-state index contributed by atoms with van der Waals surface area (Å²) in [6.07, 6.45) is 6.31. The van der Waals surface area contributed by atoms with Crippen LogP contribution < -0.4 is 16.2 Å². The number of hydrogen-bond donors (Lipinski definition) is 3. The molecule has 3 N–H and O–H groups in total. The van der Waals surface area contributed by atoms with Crippen molar-refractivity contribution < 1.29 is 9.59 Å². The SMILES string of the molecule is CCCCN(CCCC)C1=NN(NCC)NC(SC(=O)CNC(=O)N(CC)CC)=C1. The van der Waals surface area contributed by atoms with E-state index >= 15 is 0 Å². The zero-order chi connectivity index (χ0) is 22.4. The molecule has 0 aliphatic carbocycles. The van der Waals surface area contributed by atoms with Crippen molar-refractivity contribution in [3.63, 3.8) is 0 Å². The Labute approximate surface area is 185 Å². The number of nitrogens with one attached hydrogen (secondary N) is 3. The number of nitrogens with zero attached hydrogens (tertiary/aromatic N) is 4. The summed E-state index contributed by atoms with van der Waals surface area (Å²) < 4.78 is 0. The van der Waals surface area contributed by atoms with Gasteiger partial charge in [0.05, 0.1) is 6.54 Å². The number of amides is 2. The van der Waals surface area contributed by atoms with E-state index in [4.69, 9.17) is 0 Å². The van der Waals surface area contributed by atoms with E-state index in [1.165, 1.54) is 0 Å². The summed E-state index contributed by atoms with van der Waals surface area (Å²) in [6, 6.07) is -0.221. The normalized spacial score (nSPS) is 13.3. The minimum atomic E-state index is -0.221. The van der Waals surface area contributed by atoms with Crippen LogP contribution in [0.15, 0.2) is 16.2 Å². The summed E-state index contributed by atoms with van der Waals surface area (Å²) in [5.41, 5.74) is 6.23. The summed E-state index contributed by atoms with van der Waals surface area (Å²) in [5.74, 6) is 0.832. The Morgan fingerprint density at radius 2 is 1.73 bits per heavy atom. The van der Waals surface area contributed by atoms with Crippen LogP contribution in [0.1, 0.15) is 60.3 Å². The molecule has 0 saturated carbocycles. The zero-order valence-corrected chi connectivity index (χ0v) is 20.0. The minimum absolute atomic E-state index is 0.0257. The van der Waals surface area contributed by atoms with Crippen molar-refractivity contribution in [2.24, 2.45) is 5.10 Å². The Hall–Kier alpha value is -1.94. The lowest BCUT2D eigenvalue weighted by Crippen LogP contribution is -2.48. The molecule has 30 heavy (non-hydrogen) atoms. The van der Waals surface area contributed by atoms with Gasteiger partial charge in [-0.25, -0.2) is 4.79 Å². The fourth-order valence-electron chi connectivity index (χ4n) is 2.81. The van der Waals surface area contributed by atoms with Crippen LogP contribution in [0.3, 0.4) is 0 Å². The first-order valence-corrected chi connectivity index (χ1v) is 11.9. The Bertz CT molecular complexity index is 586. The van der Waals surface area contributed by atoms with Gasteiger partial charge in [0.25, 0.3) is 0 Å².